The summed E-state index contributed by atoms with van der Waals surface area (Å²) in [6, 6.07) is 4.33. The molecule has 7 nitrogen and oxygen atoms in total. The van der Waals surface area contributed by atoms with Crippen molar-refractivity contribution in [1.29, 1.82) is 0 Å². The number of aromatic nitrogens is 2. The van der Waals surface area contributed by atoms with Gasteiger partial charge in [0.05, 0.1) is 13.7 Å². The van der Waals surface area contributed by atoms with E-state index in [9.17, 15) is 22.0 Å². The summed E-state index contributed by atoms with van der Waals surface area (Å²) in [5.41, 5.74) is -0.743. The molecule has 166 valence electrons. The Morgan fingerprint density at radius 1 is 1.23 bits per heavy atom. The van der Waals surface area contributed by atoms with E-state index in [-0.39, 0.29) is 30.4 Å². The fraction of sp³-hybridized carbons (Fsp3) is 0.444. The molecule has 0 aliphatic heterocycles. The second kappa shape index (κ2) is 10.1. The van der Waals surface area contributed by atoms with Gasteiger partial charge in [-0.05, 0) is 25.1 Å². The van der Waals surface area contributed by atoms with Crippen LogP contribution >= 0.6 is 0 Å². The Kier molecular flexibility index (Phi) is 7.84. The minimum absolute atomic E-state index is 0.0181. The smallest absolute Gasteiger partial charge is 0.435 e. The molecule has 0 saturated carbocycles. The second-order valence-corrected chi connectivity index (χ2v) is 6.08. The molecule has 0 aliphatic carbocycles. The summed E-state index contributed by atoms with van der Waals surface area (Å²) in [7, 11) is 2.82. The Morgan fingerprint density at radius 2 is 1.97 bits per heavy atom. The van der Waals surface area contributed by atoms with Crippen LogP contribution in [-0.4, -0.2) is 36.0 Å². The van der Waals surface area contributed by atoms with Crippen LogP contribution in [0.25, 0.3) is 0 Å². The van der Waals surface area contributed by atoms with E-state index in [0.717, 1.165) is 4.68 Å². The number of hydrogen-bond acceptors (Lipinski definition) is 4. The van der Waals surface area contributed by atoms with Crippen molar-refractivity contribution in [2.45, 2.75) is 32.8 Å². The zero-order valence-electron chi connectivity index (χ0n) is 16.6. The van der Waals surface area contributed by atoms with Gasteiger partial charge in [0.2, 0.25) is 0 Å². The zero-order chi connectivity index (χ0) is 22.3. The maximum absolute atomic E-state index is 13.1. The third kappa shape index (κ3) is 6.49. The lowest BCUT2D eigenvalue weighted by atomic mass is 10.2. The Labute approximate surface area is 169 Å². The van der Waals surface area contributed by atoms with E-state index >= 15 is 0 Å². The normalized spacial score (nSPS) is 12.2. The Balaban J connectivity index is 2.19. The Morgan fingerprint density at radius 3 is 2.57 bits per heavy atom. The number of hydrogen-bond donors (Lipinski definition) is 2. The highest BCUT2D eigenvalue weighted by Gasteiger charge is 2.36. The van der Waals surface area contributed by atoms with E-state index in [1.807, 2.05) is 0 Å². The highest BCUT2D eigenvalue weighted by Crippen LogP contribution is 2.31. The number of aryl methyl sites for hydroxylation is 1. The van der Waals surface area contributed by atoms with E-state index in [1.165, 1.54) is 38.6 Å². The average molecular weight is 435 g/mol. The average Bonchev–Trinajstić information content (AvgIpc) is 3.05. The summed E-state index contributed by atoms with van der Waals surface area (Å²) in [4.78, 5) is 4.14. The molecule has 2 N–H and O–H groups in total. The predicted octanol–water partition coefficient (Wildman–Crippen LogP) is 3.30. The SMILES string of the molecule is CCNC(=NCc1cn(C)nc1C(F)(F)F)NCc1cc(OC)ccc1OC(F)F. The van der Waals surface area contributed by atoms with Gasteiger partial charge in [0.15, 0.2) is 11.7 Å². The number of methoxy groups -OCH3 is 1. The first kappa shape index (κ1) is 23.2. The first-order valence-electron chi connectivity index (χ1n) is 8.87. The van der Waals surface area contributed by atoms with Crippen LogP contribution in [-0.2, 0) is 26.3 Å². The topological polar surface area (TPSA) is 72.7 Å². The summed E-state index contributed by atoms with van der Waals surface area (Å²) in [6.45, 7) is -1.06. The van der Waals surface area contributed by atoms with E-state index in [2.05, 4.69) is 25.5 Å². The minimum Gasteiger partial charge on any atom is -0.497 e. The molecule has 0 fully saturated rings. The van der Waals surface area contributed by atoms with Crippen LogP contribution < -0.4 is 20.1 Å². The number of halogens is 5. The maximum atomic E-state index is 13.1. The van der Waals surface area contributed by atoms with Crippen molar-refractivity contribution < 1.29 is 31.4 Å². The van der Waals surface area contributed by atoms with E-state index < -0.39 is 18.5 Å². The van der Waals surface area contributed by atoms with Crippen molar-refractivity contribution in [2.24, 2.45) is 12.0 Å². The van der Waals surface area contributed by atoms with Crippen molar-refractivity contribution in [2.75, 3.05) is 13.7 Å². The van der Waals surface area contributed by atoms with Crippen molar-refractivity contribution in [3.63, 3.8) is 0 Å². The number of alkyl halides is 5. The van der Waals surface area contributed by atoms with Gasteiger partial charge < -0.3 is 20.1 Å². The maximum Gasteiger partial charge on any atom is 0.435 e. The summed E-state index contributed by atoms with van der Waals surface area (Å²) in [6.07, 6.45) is -3.35. The number of aliphatic imine (C=N–C) groups is 1. The first-order valence-corrected chi connectivity index (χ1v) is 8.87. The molecular formula is C18H22F5N5O2. The van der Waals surface area contributed by atoms with Gasteiger partial charge in [0, 0.05) is 37.5 Å². The highest BCUT2D eigenvalue weighted by molar-refractivity contribution is 5.79. The second-order valence-electron chi connectivity index (χ2n) is 6.08. The number of nitrogens with one attached hydrogen (secondary N) is 2. The van der Waals surface area contributed by atoms with Gasteiger partial charge in [-0.15, -0.1) is 0 Å². The van der Waals surface area contributed by atoms with Crippen molar-refractivity contribution in [3.8, 4) is 11.5 Å². The molecule has 0 unspecified atom stereocenters. The van der Waals surface area contributed by atoms with Crippen LogP contribution in [0.1, 0.15) is 23.7 Å². The number of guanidine groups is 1. The molecule has 1 heterocycles. The number of nitrogens with zero attached hydrogens (tertiary/aromatic N) is 3. The van der Waals surface area contributed by atoms with Crippen LogP contribution in [0.15, 0.2) is 29.4 Å². The lowest BCUT2D eigenvalue weighted by Gasteiger charge is -2.15. The van der Waals surface area contributed by atoms with Crippen LogP contribution in [0.2, 0.25) is 0 Å². The van der Waals surface area contributed by atoms with Crippen molar-refractivity contribution in [1.82, 2.24) is 20.4 Å². The third-order valence-corrected chi connectivity index (χ3v) is 3.85. The van der Waals surface area contributed by atoms with Crippen molar-refractivity contribution in [3.05, 3.63) is 41.2 Å². The van der Waals surface area contributed by atoms with Gasteiger partial charge in [-0.1, -0.05) is 0 Å². The zero-order valence-corrected chi connectivity index (χ0v) is 16.6. The van der Waals surface area contributed by atoms with E-state index in [4.69, 9.17) is 4.74 Å². The van der Waals surface area contributed by atoms with Crippen LogP contribution in [0.3, 0.4) is 0 Å². The standard InChI is InChI=1S/C18H22F5N5O2/c1-4-24-17(26-9-12-10-28(2)27-15(12)18(21,22)23)25-8-11-7-13(29-3)5-6-14(11)30-16(19)20/h5-7,10,16H,4,8-9H2,1-3H3,(H2,24,25,26). The predicted molar refractivity (Wildman–Crippen MR) is 99.5 cm³/mol. The van der Waals surface area contributed by atoms with Gasteiger partial charge in [-0.25, -0.2) is 4.99 Å². The molecule has 2 rings (SSSR count). The van der Waals surface area contributed by atoms with E-state index in [1.54, 1.807) is 6.92 Å². The molecule has 0 aliphatic rings. The molecule has 2 aromatic rings. The molecule has 0 spiro atoms. The Hall–Kier alpha value is -3.05. The highest BCUT2D eigenvalue weighted by atomic mass is 19.4. The molecule has 0 atom stereocenters. The van der Waals surface area contributed by atoms with Gasteiger partial charge in [0.1, 0.15) is 11.5 Å². The summed E-state index contributed by atoms with van der Waals surface area (Å²) >= 11 is 0. The number of rotatable bonds is 8. The molecule has 0 bridgehead atoms. The van der Waals surface area contributed by atoms with E-state index in [0.29, 0.717) is 17.9 Å². The monoisotopic (exact) mass is 435 g/mol. The van der Waals surface area contributed by atoms with Crippen LogP contribution in [0.4, 0.5) is 22.0 Å². The molecule has 0 amide bonds. The molecule has 12 heteroatoms. The van der Waals surface area contributed by atoms with Crippen LogP contribution in [0.5, 0.6) is 11.5 Å². The molecular weight excluding hydrogens is 413 g/mol. The quantitative estimate of drug-likeness (QED) is 0.378. The summed E-state index contributed by atoms with van der Waals surface area (Å²) in [5.74, 6) is 0.571. The van der Waals surface area contributed by atoms with Gasteiger partial charge in [0.25, 0.3) is 0 Å². The largest absolute Gasteiger partial charge is 0.497 e. The molecule has 0 saturated heterocycles. The minimum atomic E-state index is -4.60. The molecule has 0 radical (unpaired) electrons. The van der Waals surface area contributed by atoms with Gasteiger partial charge >= 0.3 is 12.8 Å². The lowest BCUT2D eigenvalue weighted by molar-refractivity contribution is -0.142. The summed E-state index contributed by atoms with van der Waals surface area (Å²) in [5, 5.41) is 9.21. The van der Waals surface area contributed by atoms with Gasteiger partial charge in [-0.3, -0.25) is 4.68 Å². The summed E-state index contributed by atoms with van der Waals surface area (Å²) < 4.78 is 75.2. The third-order valence-electron chi connectivity index (χ3n) is 3.85. The molecule has 1 aromatic carbocycles. The fourth-order valence-corrected chi connectivity index (χ4v) is 2.61. The first-order chi connectivity index (χ1) is 14.1. The fourth-order valence-electron chi connectivity index (χ4n) is 2.61. The molecule has 1 aromatic heterocycles. The van der Waals surface area contributed by atoms with Gasteiger partial charge in [-0.2, -0.15) is 27.1 Å². The molecule has 30 heavy (non-hydrogen) atoms. The van der Waals surface area contributed by atoms with Crippen molar-refractivity contribution >= 4 is 5.96 Å². The number of ether oxygens (including phenoxy) is 2. The van der Waals surface area contributed by atoms with Crippen LogP contribution in [0, 0.1) is 0 Å². The Bertz CT molecular complexity index is 867. The number of benzene rings is 1. The lowest BCUT2D eigenvalue weighted by Crippen LogP contribution is -2.37.